The van der Waals surface area contributed by atoms with E-state index < -0.39 is 17.0 Å². The molecular weight excluding hydrogens is 548 g/mol. The third-order valence-electron chi connectivity index (χ3n) is 8.43. The number of nitrogens with one attached hydrogen (secondary N) is 1. The fourth-order valence-electron chi connectivity index (χ4n) is 5.94. The summed E-state index contributed by atoms with van der Waals surface area (Å²) in [6, 6.07) is 8.97. The first-order chi connectivity index (χ1) is 20.7. The van der Waals surface area contributed by atoms with Crippen molar-refractivity contribution < 1.29 is 13.5 Å². The maximum Gasteiger partial charge on any atom is 0.228 e. The van der Waals surface area contributed by atoms with Crippen LogP contribution in [0.2, 0.25) is 0 Å². The highest BCUT2D eigenvalue weighted by atomic mass is 19.1. The van der Waals surface area contributed by atoms with E-state index in [-0.39, 0.29) is 16.8 Å². The Bertz CT molecular complexity index is 1800. The first kappa shape index (κ1) is 28.7. The average Bonchev–Trinajstić information content (AvgIpc) is 3.54. The average molecular weight is 582 g/mol. The quantitative estimate of drug-likeness (QED) is 0.321. The van der Waals surface area contributed by atoms with Gasteiger partial charge in [0, 0.05) is 49.9 Å². The number of aromatic nitrogens is 3. The highest BCUT2D eigenvalue weighted by Gasteiger charge is 2.28. The number of fused-ring (bicyclic) bond motifs is 2. The monoisotopic (exact) mass is 581 g/mol. The zero-order chi connectivity index (χ0) is 30.3. The van der Waals surface area contributed by atoms with E-state index in [4.69, 9.17) is 21.1 Å². The fourth-order valence-corrected chi connectivity index (χ4v) is 5.94. The second kappa shape index (κ2) is 11.4. The normalized spacial score (nSPS) is 17.3. The lowest BCUT2D eigenvalue weighted by atomic mass is 9.82. The van der Waals surface area contributed by atoms with Gasteiger partial charge in [-0.15, -0.1) is 6.42 Å². The molecule has 0 radical (unpaired) electrons. The van der Waals surface area contributed by atoms with Crippen LogP contribution < -0.4 is 15.1 Å². The van der Waals surface area contributed by atoms with Gasteiger partial charge in [-0.05, 0) is 62.4 Å². The number of likely N-dealkylation sites (N-methyl/N-ethyl adjacent to an activating group) is 1. The number of nitriles is 1. The van der Waals surface area contributed by atoms with Gasteiger partial charge in [-0.2, -0.15) is 10.2 Å². The Morgan fingerprint density at radius 2 is 2.00 bits per heavy atom. The predicted octanol–water partition coefficient (Wildman–Crippen LogP) is 4.93. The molecule has 0 saturated carbocycles. The van der Waals surface area contributed by atoms with Crippen LogP contribution >= 0.6 is 0 Å². The Balaban J connectivity index is 1.60. The summed E-state index contributed by atoms with van der Waals surface area (Å²) in [5.74, 6) is 2.18. The summed E-state index contributed by atoms with van der Waals surface area (Å²) in [6.45, 7) is 7.43. The number of nitrogens with zero attached hydrogens (tertiary/aromatic N) is 6. The molecule has 4 aromatic rings. The molecule has 2 aromatic heterocycles. The van der Waals surface area contributed by atoms with Gasteiger partial charge in [-0.25, -0.2) is 13.8 Å². The van der Waals surface area contributed by atoms with Crippen LogP contribution in [0.4, 0.5) is 20.5 Å². The van der Waals surface area contributed by atoms with Crippen LogP contribution in [-0.2, 0) is 10.2 Å². The van der Waals surface area contributed by atoms with Crippen molar-refractivity contribution in [3.05, 3.63) is 53.2 Å². The second-order valence-corrected chi connectivity index (χ2v) is 11.7. The number of benzene rings is 2. The highest BCUT2D eigenvalue weighted by Crippen LogP contribution is 2.39. The molecule has 0 aliphatic carbocycles. The van der Waals surface area contributed by atoms with Gasteiger partial charge in [0.25, 0.3) is 0 Å². The Labute approximate surface area is 249 Å². The van der Waals surface area contributed by atoms with E-state index in [0.717, 1.165) is 19.4 Å². The SMILES string of the molecule is C#Cc1c(F)ccc2cc(C(C)(C)C#N)cc(-c3ncc4c(N(C)C[C@H]5CCCN5)nc(N5CCOCC5)nc4c3F)c12. The van der Waals surface area contributed by atoms with Gasteiger partial charge in [0.2, 0.25) is 5.95 Å². The van der Waals surface area contributed by atoms with E-state index >= 15 is 4.39 Å². The zero-order valence-electron chi connectivity index (χ0n) is 24.5. The maximum absolute atomic E-state index is 16.9. The molecule has 0 bridgehead atoms. The molecule has 43 heavy (non-hydrogen) atoms. The van der Waals surface area contributed by atoms with Crippen LogP contribution in [0.1, 0.15) is 37.8 Å². The molecule has 2 aromatic carbocycles. The number of ether oxygens (including phenoxy) is 1. The summed E-state index contributed by atoms with van der Waals surface area (Å²) in [6.07, 6.45) is 9.50. The minimum absolute atomic E-state index is 0.0105. The van der Waals surface area contributed by atoms with Crippen LogP contribution in [-0.4, -0.2) is 67.4 Å². The van der Waals surface area contributed by atoms with Gasteiger partial charge >= 0.3 is 0 Å². The van der Waals surface area contributed by atoms with Crippen molar-refractivity contribution in [2.75, 3.05) is 56.2 Å². The molecule has 2 aliphatic rings. The van der Waals surface area contributed by atoms with Crippen molar-refractivity contribution in [1.82, 2.24) is 20.3 Å². The topological polar surface area (TPSA) is 90.2 Å². The molecule has 220 valence electrons. The van der Waals surface area contributed by atoms with Crippen molar-refractivity contribution in [2.45, 2.75) is 38.1 Å². The minimum atomic E-state index is -0.906. The van der Waals surface area contributed by atoms with E-state index in [1.807, 2.05) is 16.8 Å². The van der Waals surface area contributed by atoms with Gasteiger partial charge in [-0.1, -0.05) is 12.0 Å². The van der Waals surface area contributed by atoms with Gasteiger partial charge in [-0.3, -0.25) is 4.98 Å². The Hall–Kier alpha value is -4.38. The first-order valence-corrected chi connectivity index (χ1v) is 14.5. The molecule has 0 amide bonds. The lowest BCUT2D eigenvalue weighted by Crippen LogP contribution is -2.38. The third-order valence-corrected chi connectivity index (χ3v) is 8.43. The van der Waals surface area contributed by atoms with Crippen molar-refractivity contribution in [2.24, 2.45) is 0 Å². The van der Waals surface area contributed by atoms with Crippen LogP contribution in [0.25, 0.3) is 32.9 Å². The van der Waals surface area contributed by atoms with Crippen LogP contribution in [0.3, 0.4) is 0 Å². The summed E-state index contributed by atoms with van der Waals surface area (Å²) < 4.78 is 37.4. The molecule has 1 atom stereocenters. The van der Waals surface area contributed by atoms with E-state index in [1.165, 1.54) is 6.07 Å². The van der Waals surface area contributed by atoms with Gasteiger partial charge in [0.05, 0.1) is 35.6 Å². The van der Waals surface area contributed by atoms with Gasteiger partial charge in [0.15, 0.2) is 5.82 Å². The van der Waals surface area contributed by atoms with E-state index in [2.05, 4.69) is 22.3 Å². The minimum Gasteiger partial charge on any atom is -0.378 e. The number of anilines is 2. The van der Waals surface area contributed by atoms with Gasteiger partial charge in [0.1, 0.15) is 22.8 Å². The van der Waals surface area contributed by atoms with Crippen molar-refractivity contribution in [1.29, 1.82) is 5.26 Å². The Kier molecular flexibility index (Phi) is 7.59. The molecule has 2 fully saturated rings. The lowest BCUT2D eigenvalue weighted by molar-refractivity contribution is 0.122. The Morgan fingerprint density at radius 3 is 2.70 bits per heavy atom. The number of hydrogen-bond acceptors (Lipinski definition) is 8. The largest absolute Gasteiger partial charge is 0.378 e. The smallest absolute Gasteiger partial charge is 0.228 e. The second-order valence-electron chi connectivity index (χ2n) is 11.7. The molecule has 8 nitrogen and oxygen atoms in total. The van der Waals surface area contributed by atoms with Crippen LogP contribution in [0.15, 0.2) is 30.5 Å². The molecule has 2 saturated heterocycles. The highest BCUT2D eigenvalue weighted by molar-refractivity contribution is 6.03. The zero-order valence-corrected chi connectivity index (χ0v) is 24.5. The first-order valence-electron chi connectivity index (χ1n) is 14.5. The van der Waals surface area contributed by atoms with Gasteiger partial charge < -0.3 is 19.9 Å². The molecular formula is C33H33F2N7O. The molecule has 10 heteroatoms. The predicted molar refractivity (Wildman–Crippen MR) is 164 cm³/mol. The number of rotatable bonds is 6. The fraction of sp³-hybridized carbons (Fsp3) is 0.394. The molecule has 1 N–H and O–H groups in total. The summed E-state index contributed by atoms with van der Waals surface area (Å²) in [4.78, 5) is 18.2. The molecule has 6 rings (SSSR count). The lowest BCUT2D eigenvalue weighted by Gasteiger charge is -2.29. The van der Waals surface area contributed by atoms with Crippen molar-refractivity contribution in [3.63, 3.8) is 0 Å². The summed E-state index contributed by atoms with van der Waals surface area (Å²) in [5.41, 5.74) is 0.133. The molecule has 0 unspecified atom stereocenters. The molecule has 0 spiro atoms. The molecule has 4 heterocycles. The third kappa shape index (κ3) is 5.22. The van der Waals surface area contributed by atoms with E-state index in [9.17, 15) is 9.65 Å². The Morgan fingerprint density at radius 1 is 1.21 bits per heavy atom. The maximum atomic E-state index is 16.9. The number of terminal acetylenes is 1. The number of pyridine rings is 1. The number of hydrogen-bond donors (Lipinski definition) is 1. The van der Waals surface area contributed by atoms with Crippen molar-refractivity contribution >= 4 is 33.4 Å². The number of halogens is 2. The standard InChI is InChI=1S/C33H33F2N7O/c1-5-23-26(34)9-8-20-15-21(33(2,3)19-36)16-24(27(20)23)29-28(35)30-25(17-38-29)31(41(4)18-22-7-6-10-37-22)40-32(39-30)42-11-13-43-14-12-42/h1,8-9,15-17,22,37H,6-7,10-14,18H2,2-4H3/t22-/m1/s1. The van der Waals surface area contributed by atoms with E-state index in [1.54, 1.807) is 38.2 Å². The number of morpholine rings is 1. The summed E-state index contributed by atoms with van der Waals surface area (Å²) in [5, 5.41) is 14.8. The van der Waals surface area contributed by atoms with Crippen LogP contribution in [0.5, 0.6) is 0 Å². The van der Waals surface area contributed by atoms with E-state index in [0.29, 0.717) is 77.9 Å². The summed E-state index contributed by atoms with van der Waals surface area (Å²) in [7, 11) is 1.94. The molecule has 2 aliphatic heterocycles. The van der Waals surface area contributed by atoms with Crippen LogP contribution in [0, 0.1) is 35.3 Å². The summed E-state index contributed by atoms with van der Waals surface area (Å²) >= 11 is 0. The van der Waals surface area contributed by atoms with Crippen molar-refractivity contribution in [3.8, 4) is 29.7 Å².